The van der Waals surface area contributed by atoms with E-state index in [4.69, 9.17) is 4.74 Å². The minimum absolute atomic E-state index is 0.0195. The first-order valence-electron chi connectivity index (χ1n) is 7.47. The van der Waals surface area contributed by atoms with Gasteiger partial charge >= 0.3 is 5.97 Å². The van der Waals surface area contributed by atoms with Gasteiger partial charge in [-0.3, -0.25) is 4.79 Å². The first kappa shape index (κ1) is 17.8. The molecule has 0 saturated heterocycles. The maximum atomic E-state index is 11.5. The van der Waals surface area contributed by atoms with Crippen LogP contribution in [0.15, 0.2) is 0 Å². The van der Waals surface area contributed by atoms with Crippen LogP contribution in [0.1, 0.15) is 65.7 Å². The highest BCUT2D eigenvalue weighted by atomic mass is 32.2. The minimum Gasteiger partial charge on any atom is -0.465 e. The molecule has 0 aliphatic carbocycles. The molecule has 0 aromatic carbocycles. The van der Waals surface area contributed by atoms with Crippen molar-refractivity contribution in [1.29, 1.82) is 0 Å². The minimum atomic E-state index is -0.0195. The summed E-state index contributed by atoms with van der Waals surface area (Å²) in [6, 6.07) is 0. The van der Waals surface area contributed by atoms with Crippen LogP contribution >= 0.6 is 11.8 Å². The molecule has 2 nitrogen and oxygen atoms in total. The summed E-state index contributed by atoms with van der Waals surface area (Å²) in [6.07, 6.45) is 7.80. The molecule has 0 aromatic rings. The largest absolute Gasteiger partial charge is 0.465 e. The van der Waals surface area contributed by atoms with Crippen LogP contribution < -0.4 is 0 Å². The van der Waals surface area contributed by atoms with Crippen LogP contribution in [0.3, 0.4) is 0 Å². The molecule has 0 aromatic heterocycles. The summed E-state index contributed by atoms with van der Waals surface area (Å²) in [5, 5.41) is 0. The molecule has 0 amide bonds. The van der Waals surface area contributed by atoms with Crippen molar-refractivity contribution in [2.75, 3.05) is 18.1 Å². The quantitative estimate of drug-likeness (QED) is 0.382. The molecule has 0 N–H and O–H groups in total. The molecule has 0 fully saturated rings. The van der Waals surface area contributed by atoms with Crippen molar-refractivity contribution < 1.29 is 9.53 Å². The van der Waals surface area contributed by atoms with Gasteiger partial charge < -0.3 is 4.74 Å². The van der Waals surface area contributed by atoms with Gasteiger partial charge in [-0.1, -0.05) is 46.5 Å². The van der Waals surface area contributed by atoms with Crippen LogP contribution in [0.5, 0.6) is 0 Å². The number of ether oxygens (including phenoxy) is 1. The second-order valence-electron chi connectivity index (χ2n) is 4.82. The molecule has 108 valence electrons. The molecular weight excluding hydrogens is 244 g/mol. The summed E-state index contributed by atoms with van der Waals surface area (Å²) >= 11 is 1.86. The third-order valence-electron chi connectivity index (χ3n) is 3.12. The third kappa shape index (κ3) is 10.9. The Morgan fingerprint density at radius 3 is 2.44 bits per heavy atom. The zero-order chi connectivity index (χ0) is 13.6. The number of thioether (sulfide) groups is 1. The highest BCUT2D eigenvalue weighted by Crippen LogP contribution is 2.13. The number of esters is 1. The fourth-order valence-corrected chi connectivity index (χ4v) is 2.69. The highest BCUT2D eigenvalue weighted by molar-refractivity contribution is 7.99. The van der Waals surface area contributed by atoms with Gasteiger partial charge in [0.05, 0.1) is 13.0 Å². The molecule has 3 heteroatoms. The lowest BCUT2D eigenvalue weighted by Crippen LogP contribution is -2.14. The van der Waals surface area contributed by atoms with Gasteiger partial charge in [0.25, 0.3) is 0 Å². The summed E-state index contributed by atoms with van der Waals surface area (Å²) in [4.78, 5) is 11.5. The van der Waals surface area contributed by atoms with E-state index in [2.05, 4.69) is 20.8 Å². The molecule has 0 spiro atoms. The van der Waals surface area contributed by atoms with Crippen molar-refractivity contribution in [3.8, 4) is 0 Å². The Balaban J connectivity index is 3.49. The van der Waals surface area contributed by atoms with Gasteiger partial charge in [0.15, 0.2) is 0 Å². The fourth-order valence-electron chi connectivity index (χ4n) is 1.69. The molecule has 0 aliphatic rings. The zero-order valence-corrected chi connectivity index (χ0v) is 13.2. The maximum absolute atomic E-state index is 11.5. The molecular formula is C15H30O2S. The van der Waals surface area contributed by atoms with Crippen molar-refractivity contribution >= 4 is 17.7 Å². The molecule has 0 heterocycles. The molecule has 0 bridgehead atoms. The number of rotatable bonds is 12. The van der Waals surface area contributed by atoms with E-state index in [0.29, 0.717) is 18.9 Å². The lowest BCUT2D eigenvalue weighted by molar-refractivity contribution is -0.144. The van der Waals surface area contributed by atoms with Crippen molar-refractivity contribution in [1.82, 2.24) is 0 Å². The summed E-state index contributed by atoms with van der Waals surface area (Å²) in [6.45, 7) is 7.19. The van der Waals surface area contributed by atoms with Gasteiger partial charge in [0.1, 0.15) is 0 Å². The van der Waals surface area contributed by atoms with Gasteiger partial charge in [-0.05, 0) is 24.5 Å². The van der Waals surface area contributed by atoms with Crippen LogP contribution in [0.2, 0.25) is 0 Å². The van der Waals surface area contributed by atoms with Gasteiger partial charge in [0, 0.05) is 5.75 Å². The summed E-state index contributed by atoms with van der Waals surface area (Å²) in [7, 11) is 0. The first-order valence-corrected chi connectivity index (χ1v) is 8.63. The van der Waals surface area contributed by atoms with Gasteiger partial charge in [-0.15, -0.1) is 0 Å². The van der Waals surface area contributed by atoms with E-state index in [9.17, 15) is 4.79 Å². The average molecular weight is 274 g/mol. The van der Waals surface area contributed by atoms with Crippen molar-refractivity contribution in [2.24, 2.45) is 5.92 Å². The summed E-state index contributed by atoms with van der Waals surface area (Å²) in [5.74, 6) is 2.61. The average Bonchev–Trinajstić information content (AvgIpc) is 2.39. The Morgan fingerprint density at radius 2 is 1.83 bits per heavy atom. The Hall–Kier alpha value is -0.180. The van der Waals surface area contributed by atoms with Crippen molar-refractivity contribution in [2.45, 2.75) is 65.7 Å². The molecule has 0 rings (SSSR count). The molecule has 1 unspecified atom stereocenters. The third-order valence-corrected chi connectivity index (χ3v) is 4.19. The van der Waals surface area contributed by atoms with E-state index in [1.807, 2.05) is 11.8 Å². The lowest BCUT2D eigenvalue weighted by Gasteiger charge is -2.14. The topological polar surface area (TPSA) is 26.3 Å². The second kappa shape index (κ2) is 13.3. The van der Waals surface area contributed by atoms with Crippen LogP contribution in [0.25, 0.3) is 0 Å². The number of hydrogen-bond donors (Lipinski definition) is 0. The van der Waals surface area contributed by atoms with Crippen LogP contribution in [0.4, 0.5) is 0 Å². The molecule has 0 radical (unpaired) electrons. The summed E-state index contributed by atoms with van der Waals surface area (Å²) in [5.41, 5.74) is 0. The number of carbonyl (C=O) groups is 1. The van der Waals surface area contributed by atoms with Crippen LogP contribution in [0, 0.1) is 5.92 Å². The molecule has 1 atom stereocenters. The molecule has 0 saturated carbocycles. The van der Waals surface area contributed by atoms with Crippen LogP contribution in [-0.2, 0) is 9.53 Å². The van der Waals surface area contributed by atoms with Gasteiger partial charge in [-0.25, -0.2) is 0 Å². The van der Waals surface area contributed by atoms with Crippen LogP contribution in [-0.4, -0.2) is 24.1 Å². The standard InChI is InChI=1S/C15H30O2S/c1-4-7-9-14(6-3)13-17-15(16)10-12-18-11-8-5-2/h14H,4-13H2,1-3H3. The number of carbonyl (C=O) groups excluding carboxylic acids is 1. The Bertz CT molecular complexity index is 195. The molecule has 18 heavy (non-hydrogen) atoms. The highest BCUT2D eigenvalue weighted by Gasteiger charge is 2.09. The number of unbranched alkanes of at least 4 members (excludes halogenated alkanes) is 2. The fraction of sp³-hybridized carbons (Fsp3) is 0.933. The second-order valence-corrected chi connectivity index (χ2v) is 6.04. The summed E-state index contributed by atoms with van der Waals surface area (Å²) < 4.78 is 5.35. The Morgan fingerprint density at radius 1 is 1.11 bits per heavy atom. The Kier molecular flexibility index (Phi) is 13.1. The normalized spacial score (nSPS) is 12.4. The maximum Gasteiger partial charge on any atom is 0.306 e. The molecule has 0 aliphatic heterocycles. The first-order chi connectivity index (χ1) is 8.74. The van der Waals surface area contributed by atoms with Gasteiger partial charge in [-0.2, -0.15) is 11.8 Å². The van der Waals surface area contributed by atoms with Gasteiger partial charge in [0.2, 0.25) is 0 Å². The van der Waals surface area contributed by atoms with E-state index in [1.165, 1.54) is 32.1 Å². The smallest absolute Gasteiger partial charge is 0.306 e. The monoisotopic (exact) mass is 274 g/mol. The van der Waals surface area contributed by atoms with Crippen molar-refractivity contribution in [3.05, 3.63) is 0 Å². The predicted octanol–water partition coefficient (Wildman–Crippen LogP) is 4.67. The lowest BCUT2D eigenvalue weighted by atomic mass is 10.0. The predicted molar refractivity (Wildman–Crippen MR) is 81.1 cm³/mol. The van der Waals surface area contributed by atoms with E-state index >= 15 is 0 Å². The number of hydrogen-bond acceptors (Lipinski definition) is 3. The van der Waals surface area contributed by atoms with Crippen molar-refractivity contribution in [3.63, 3.8) is 0 Å². The SMILES string of the molecule is CCCCSCCC(=O)OCC(CC)CCCC. The van der Waals surface area contributed by atoms with E-state index in [0.717, 1.165) is 17.9 Å². The van der Waals surface area contributed by atoms with E-state index in [1.54, 1.807) is 0 Å². The van der Waals surface area contributed by atoms with E-state index < -0.39 is 0 Å². The van der Waals surface area contributed by atoms with E-state index in [-0.39, 0.29) is 5.97 Å². The Labute approximate surface area is 117 Å². The zero-order valence-electron chi connectivity index (χ0n) is 12.4.